The lowest BCUT2D eigenvalue weighted by Crippen LogP contribution is -2.22. The molecule has 3 nitrogen and oxygen atoms in total. The van der Waals surface area contributed by atoms with E-state index in [4.69, 9.17) is 10.8 Å². The van der Waals surface area contributed by atoms with E-state index in [1.165, 1.54) is 6.07 Å². The van der Waals surface area contributed by atoms with Crippen LogP contribution in [0.2, 0.25) is 0 Å². The molecule has 15 heavy (non-hydrogen) atoms. The number of rotatable bonds is 3. The molecule has 0 bridgehead atoms. The van der Waals surface area contributed by atoms with Crippen LogP contribution in [0.25, 0.3) is 0 Å². The van der Waals surface area contributed by atoms with Gasteiger partial charge in [0.25, 0.3) is 0 Å². The van der Waals surface area contributed by atoms with Gasteiger partial charge in [-0.1, -0.05) is 6.07 Å². The van der Waals surface area contributed by atoms with Gasteiger partial charge in [0.15, 0.2) is 0 Å². The Bertz CT molecular complexity index is 310. The lowest BCUT2D eigenvalue weighted by molar-refractivity contribution is -0.141. The van der Waals surface area contributed by atoms with Crippen LogP contribution in [-0.4, -0.2) is 22.7 Å². The van der Waals surface area contributed by atoms with Crippen LogP contribution >= 0.6 is 0 Å². The summed E-state index contributed by atoms with van der Waals surface area (Å²) in [5, 5.41) is 9.17. The van der Waals surface area contributed by atoms with Crippen molar-refractivity contribution in [3.63, 3.8) is 0 Å². The zero-order valence-electron chi connectivity index (χ0n) is 7.83. The number of aromatic nitrogens is 1. The molecule has 3 N–H and O–H groups in total. The Morgan fingerprint density at radius 3 is 2.47 bits per heavy atom. The molecule has 0 aromatic carbocycles. The Kier molecular flexibility index (Phi) is 3.65. The molecule has 0 saturated heterocycles. The largest absolute Gasteiger partial charge is 0.433 e. The number of hydrogen-bond acceptors (Lipinski definition) is 3. The SMILES string of the molecule is NCC(O)Cc1ccc(C(F)(F)F)nc1. The monoisotopic (exact) mass is 220 g/mol. The summed E-state index contributed by atoms with van der Waals surface area (Å²) in [7, 11) is 0. The fourth-order valence-electron chi connectivity index (χ4n) is 1.07. The van der Waals surface area contributed by atoms with Gasteiger partial charge >= 0.3 is 6.18 Å². The fourth-order valence-corrected chi connectivity index (χ4v) is 1.07. The Morgan fingerprint density at radius 2 is 2.07 bits per heavy atom. The van der Waals surface area contributed by atoms with Gasteiger partial charge in [-0.05, 0) is 11.6 Å². The van der Waals surface area contributed by atoms with Gasteiger partial charge in [-0.15, -0.1) is 0 Å². The van der Waals surface area contributed by atoms with Gasteiger partial charge in [0.2, 0.25) is 0 Å². The van der Waals surface area contributed by atoms with Crippen molar-refractivity contribution in [1.82, 2.24) is 4.98 Å². The summed E-state index contributed by atoms with van der Waals surface area (Å²) < 4.78 is 36.3. The van der Waals surface area contributed by atoms with Crippen molar-refractivity contribution in [2.24, 2.45) is 5.73 Å². The van der Waals surface area contributed by atoms with Crippen molar-refractivity contribution >= 4 is 0 Å². The Morgan fingerprint density at radius 1 is 1.40 bits per heavy atom. The molecule has 0 amide bonds. The van der Waals surface area contributed by atoms with E-state index in [1.54, 1.807) is 0 Å². The highest BCUT2D eigenvalue weighted by atomic mass is 19.4. The van der Waals surface area contributed by atoms with Crippen LogP contribution in [0.1, 0.15) is 11.3 Å². The molecule has 0 aliphatic carbocycles. The van der Waals surface area contributed by atoms with E-state index >= 15 is 0 Å². The minimum atomic E-state index is -4.43. The van der Waals surface area contributed by atoms with Crippen molar-refractivity contribution < 1.29 is 18.3 Å². The van der Waals surface area contributed by atoms with Gasteiger partial charge in [0, 0.05) is 19.2 Å². The standard InChI is InChI=1S/C9H11F3N2O/c10-9(11,12)8-2-1-6(5-14-8)3-7(15)4-13/h1-2,5,7,15H,3-4,13H2. The molecule has 1 aromatic heterocycles. The third-order valence-electron chi connectivity index (χ3n) is 1.86. The summed E-state index contributed by atoms with van der Waals surface area (Å²) >= 11 is 0. The Labute approximate surface area is 84.7 Å². The molecule has 1 atom stereocenters. The summed E-state index contributed by atoms with van der Waals surface area (Å²) in [4.78, 5) is 3.26. The molecule has 1 unspecified atom stereocenters. The summed E-state index contributed by atoms with van der Waals surface area (Å²) in [6, 6.07) is 2.17. The maximum atomic E-state index is 12.1. The van der Waals surface area contributed by atoms with Crippen molar-refractivity contribution in [3.05, 3.63) is 29.6 Å². The van der Waals surface area contributed by atoms with E-state index in [9.17, 15) is 13.2 Å². The highest BCUT2D eigenvalue weighted by Crippen LogP contribution is 2.27. The molecular formula is C9H11F3N2O. The highest BCUT2D eigenvalue weighted by molar-refractivity contribution is 5.16. The molecule has 0 saturated carbocycles. The van der Waals surface area contributed by atoms with Gasteiger partial charge in [-0.2, -0.15) is 13.2 Å². The number of aliphatic hydroxyl groups excluding tert-OH is 1. The average molecular weight is 220 g/mol. The van der Waals surface area contributed by atoms with Crippen LogP contribution in [0.15, 0.2) is 18.3 Å². The normalized spacial score (nSPS) is 13.9. The van der Waals surface area contributed by atoms with E-state index in [-0.39, 0.29) is 13.0 Å². The Hall–Kier alpha value is -1.14. The second kappa shape index (κ2) is 4.59. The smallest absolute Gasteiger partial charge is 0.391 e. The predicted molar refractivity (Wildman–Crippen MR) is 48.0 cm³/mol. The van der Waals surface area contributed by atoms with Gasteiger partial charge < -0.3 is 10.8 Å². The molecule has 1 heterocycles. The summed E-state index contributed by atoms with van der Waals surface area (Å²) in [6.07, 6.45) is -3.86. The third kappa shape index (κ3) is 3.49. The molecule has 0 spiro atoms. The van der Waals surface area contributed by atoms with Crippen LogP contribution in [0, 0.1) is 0 Å². The molecule has 0 aliphatic rings. The first-order valence-corrected chi connectivity index (χ1v) is 4.33. The topological polar surface area (TPSA) is 59.1 Å². The number of pyridine rings is 1. The minimum absolute atomic E-state index is 0.0705. The van der Waals surface area contributed by atoms with Crippen molar-refractivity contribution in [3.8, 4) is 0 Å². The van der Waals surface area contributed by atoms with Gasteiger partial charge in [-0.25, -0.2) is 0 Å². The van der Waals surface area contributed by atoms with E-state index in [2.05, 4.69) is 4.98 Å². The molecule has 84 valence electrons. The molecule has 1 rings (SSSR count). The first-order valence-electron chi connectivity index (χ1n) is 4.33. The molecule has 0 aliphatic heterocycles. The number of nitrogens with two attached hydrogens (primary N) is 1. The Balaban J connectivity index is 2.73. The number of alkyl halides is 3. The average Bonchev–Trinajstić information content (AvgIpc) is 2.17. The van der Waals surface area contributed by atoms with Crippen LogP contribution < -0.4 is 5.73 Å². The van der Waals surface area contributed by atoms with E-state index in [0.717, 1.165) is 12.3 Å². The van der Waals surface area contributed by atoms with Crippen molar-refractivity contribution in [2.75, 3.05) is 6.54 Å². The van der Waals surface area contributed by atoms with Crippen LogP contribution in [-0.2, 0) is 12.6 Å². The van der Waals surface area contributed by atoms with E-state index in [1.807, 2.05) is 0 Å². The lowest BCUT2D eigenvalue weighted by atomic mass is 10.1. The number of hydrogen-bond donors (Lipinski definition) is 2. The van der Waals surface area contributed by atoms with Crippen molar-refractivity contribution in [2.45, 2.75) is 18.7 Å². The van der Waals surface area contributed by atoms with Crippen LogP contribution in [0.5, 0.6) is 0 Å². The third-order valence-corrected chi connectivity index (χ3v) is 1.86. The zero-order chi connectivity index (χ0) is 11.5. The second-order valence-corrected chi connectivity index (χ2v) is 3.14. The summed E-state index contributed by atoms with van der Waals surface area (Å²) in [6.45, 7) is 0.0705. The molecule has 0 fully saturated rings. The maximum absolute atomic E-state index is 12.1. The number of nitrogens with zero attached hydrogens (tertiary/aromatic N) is 1. The number of aliphatic hydroxyl groups is 1. The van der Waals surface area contributed by atoms with Gasteiger partial charge in [0.1, 0.15) is 5.69 Å². The minimum Gasteiger partial charge on any atom is -0.391 e. The van der Waals surface area contributed by atoms with E-state index in [0.29, 0.717) is 5.56 Å². The second-order valence-electron chi connectivity index (χ2n) is 3.14. The molecule has 0 radical (unpaired) electrons. The highest BCUT2D eigenvalue weighted by Gasteiger charge is 2.31. The summed E-state index contributed by atoms with van der Waals surface area (Å²) in [5.74, 6) is 0. The van der Waals surface area contributed by atoms with Crippen LogP contribution in [0.4, 0.5) is 13.2 Å². The first kappa shape index (κ1) is 11.9. The first-order chi connectivity index (χ1) is 6.93. The fraction of sp³-hybridized carbons (Fsp3) is 0.444. The van der Waals surface area contributed by atoms with Crippen LogP contribution in [0.3, 0.4) is 0 Å². The maximum Gasteiger partial charge on any atom is 0.433 e. The van der Waals surface area contributed by atoms with E-state index < -0.39 is 18.0 Å². The number of halogens is 3. The van der Waals surface area contributed by atoms with Gasteiger partial charge in [-0.3, -0.25) is 4.98 Å². The predicted octanol–water partition coefficient (Wildman–Crippen LogP) is 0.963. The molecule has 6 heteroatoms. The van der Waals surface area contributed by atoms with Crippen molar-refractivity contribution in [1.29, 1.82) is 0 Å². The zero-order valence-corrected chi connectivity index (χ0v) is 7.83. The summed E-state index contributed by atoms with van der Waals surface area (Å²) in [5.41, 5.74) is 4.76. The van der Waals surface area contributed by atoms with Gasteiger partial charge in [0.05, 0.1) is 6.10 Å². The quantitative estimate of drug-likeness (QED) is 0.797. The molecular weight excluding hydrogens is 209 g/mol. The molecule has 1 aromatic rings. The lowest BCUT2D eigenvalue weighted by Gasteiger charge is -2.09.